The van der Waals surface area contributed by atoms with Gasteiger partial charge in [0.05, 0.1) is 6.61 Å². The number of aliphatic hydroxyl groups excluding tert-OH is 2. The van der Waals surface area contributed by atoms with Crippen LogP contribution in [0.4, 0.5) is 0 Å². The van der Waals surface area contributed by atoms with Crippen LogP contribution in [-0.4, -0.2) is 41.2 Å². The SMILES string of the molecule is CC(=O)CCNC(=O)[C@H](O)C(C)(C)CO. The molecule has 0 aliphatic rings. The molecule has 0 spiro atoms. The van der Waals surface area contributed by atoms with Gasteiger partial charge in [-0.2, -0.15) is 0 Å². The van der Waals surface area contributed by atoms with Gasteiger partial charge in [0.25, 0.3) is 0 Å². The zero-order valence-corrected chi connectivity index (χ0v) is 9.41. The number of hydrogen-bond donors (Lipinski definition) is 3. The molecule has 0 aliphatic heterocycles. The number of hydrogen-bond acceptors (Lipinski definition) is 4. The van der Waals surface area contributed by atoms with E-state index in [0.29, 0.717) is 0 Å². The predicted molar refractivity (Wildman–Crippen MR) is 55.2 cm³/mol. The molecule has 0 rings (SSSR count). The van der Waals surface area contributed by atoms with Crippen LogP contribution in [0.25, 0.3) is 0 Å². The zero-order chi connectivity index (χ0) is 12.1. The van der Waals surface area contributed by atoms with Crippen molar-refractivity contribution in [2.75, 3.05) is 13.2 Å². The van der Waals surface area contributed by atoms with Crippen LogP contribution in [-0.2, 0) is 9.59 Å². The van der Waals surface area contributed by atoms with E-state index in [-0.39, 0.29) is 25.4 Å². The molecule has 0 aromatic carbocycles. The fourth-order valence-electron chi connectivity index (χ4n) is 0.900. The van der Waals surface area contributed by atoms with E-state index in [4.69, 9.17) is 5.11 Å². The lowest BCUT2D eigenvalue weighted by Gasteiger charge is -2.27. The Hall–Kier alpha value is -0.940. The number of carbonyl (C=O) groups excluding carboxylic acids is 2. The van der Waals surface area contributed by atoms with Crippen molar-refractivity contribution in [2.24, 2.45) is 5.41 Å². The Bertz CT molecular complexity index is 238. The van der Waals surface area contributed by atoms with Crippen LogP contribution in [0.2, 0.25) is 0 Å². The van der Waals surface area contributed by atoms with Crippen LogP contribution in [0.1, 0.15) is 27.2 Å². The van der Waals surface area contributed by atoms with Gasteiger partial charge in [0.1, 0.15) is 11.9 Å². The third-order valence-electron chi connectivity index (χ3n) is 2.17. The average molecular weight is 217 g/mol. The van der Waals surface area contributed by atoms with E-state index in [2.05, 4.69) is 5.32 Å². The summed E-state index contributed by atoms with van der Waals surface area (Å²) in [7, 11) is 0. The summed E-state index contributed by atoms with van der Waals surface area (Å²) in [5.74, 6) is -0.582. The van der Waals surface area contributed by atoms with Crippen molar-refractivity contribution in [1.29, 1.82) is 0 Å². The lowest BCUT2D eigenvalue weighted by atomic mass is 9.87. The highest BCUT2D eigenvalue weighted by Crippen LogP contribution is 2.19. The van der Waals surface area contributed by atoms with Crippen molar-refractivity contribution in [1.82, 2.24) is 5.32 Å². The Labute approximate surface area is 89.5 Å². The van der Waals surface area contributed by atoms with Gasteiger partial charge in [-0.25, -0.2) is 0 Å². The lowest BCUT2D eigenvalue weighted by Crippen LogP contribution is -2.45. The van der Waals surface area contributed by atoms with Crippen LogP contribution in [0.5, 0.6) is 0 Å². The molecule has 0 aromatic rings. The van der Waals surface area contributed by atoms with Crippen molar-refractivity contribution in [3.05, 3.63) is 0 Å². The molecule has 0 radical (unpaired) electrons. The van der Waals surface area contributed by atoms with Crippen LogP contribution < -0.4 is 5.32 Å². The van der Waals surface area contributed by atoms with Gasteiger partial charge in [-0.05, 0) is 6.92 Å². The second-order valence-electron chi connectivity index (χ2n) is 4.29. The monoisotopic (exact) mass is 217 g/mol. The standard InChI is InChI=1S/C10H19NO4/c1-7(13)4-5-11-9(15)8(14)10(2,3)6-12/h8,12,14H,4-6H2,1-3H3,(H,11,15)/t8-/m0/s1. The Morgan fingerprint density at radius 2 is 1.93 bits per heavy atom. The molecule has 1 atom stereocenters. The number of aliphatic hydroxyl groups is 2. The first kappa shape index (κ1) is 14.1. The fraction of sp³-hybridized carbons (Fsp3) is 0.800. The van der Waals surface area contributed by atoms with E-state index in [0.717, 1.165) is 0 Å². The van der Waals surface area contributed by atoms with Gasteiger partial charge in [0.2, 0.25) is 5.91 Å². The second-order valence-corrected chi connectivity index (χ2v) is 4.29. The highest BCUT2D eigenvalue weighted by atomic mass is 16.3. The van der Waals surface area contributed by atoms with Crippen LogP contribution in [0.15, 0.2) is 0 Å². The maximum Gasteiger partial charge on any atom is 0.249 e. The maximum absolute atomic E-state index is 11.3. The van der Waals surface area contributed by atoms with Crippen molar-refractivity contribution >= 4 is 11.7 Å². The van der Waals surface area contributed by atoms with Crippen LogP contribution >= 0.6 is 0 Å². The summed E-state index contributed by atoms with van der Waals surface area (Å²) in [6, 6.07) is 0. The summed E-state index contributed by atoms with van der Waals surface area (Å²) in [6.45, 7) is 4.53. The van der Waals surface area contributed by atoms with Crippen molar-refractivity contribution < 1.29 is 19.8 Å². The molecule has 15 heavy (non-hydrogen) atoms. The van der Waals surface area contributed by atoms with E-state index >= 15 is 0 Å². The van der Waals surface area contributed by atoms with Gasteiger partial charge in [-0.3, -0.25) is 9.59 Å². The van der Waals surface area contributed by atoms with Gasteiger partial charge in [-0.1, -0.05) is 13.8 Å². The van der Waals surface area contributed by atoms with Gasteiger partial charge in [0.15, 0.2) is 0 Å². The number of ketones is 1. The van der Waals surface area contributed by atoms with E-state index < -0.39 is 17.4 Å². The molecule has 0 saturated carbocycles. The summed E-state index contributed by atoms with van der Waals surface area (Å²) in [5.41, 5.74) is -0.875. The van der Waals surface area contributed by atoms with Gasteiger partial charge in [-0.15, -0.1) is 0 Å². The molecule has 1 amide bonds. The normalized spacial score (nSPS) is 13.4. The molecule has 0 fully saturated rings. The first-order valence-electron chi connectivity index (χ1n) is 4.87. The minimum absolute atomic E-state index is 0.0220. The van der Waals surface area contributed by atoms with Crippen molar-refractivity contribution in [2.45, 2.75) is 33.3 Å². The third kappa shape index (κ3) is 4.90. The third-order valence-corrected chi connectivity index (χ3v) is 2.17. The number of carbonyl (C=O) groups is 2. The molecule has 0 aromatic heterocycles. The van der Waals surface area contributed by atoms with Gasteiger partial charge >= 0.3 is 0 Å². The minimum Gasteiger partial charge on any atom is -0.396 e. The number of rotatable bonds is 6. The quantitative estimate of drug-likeness (QED) is 0.557. The summed E-state index contributed by atoms with van der Waals surface area (Å²) in [4.78, 5) is 21.9. The highest BCUT2D eigenvalue weighted by Gasteiger charge is 2.32. The molecule has 0 unspecified atom stereocenters. The molecular weight excluding hydrogens is 198 g/mol. The number of Topliss-reactive ketones (excluding diaryl/α,β-unsaturated/α-hetero) is 1. The smallest absolute Gasteiger partial charge is 0.249 e. The van der Waals surface area contributed by atoms with Gasteiger partial charge in [0, 0.05) is 18.4 Å². The first-order chi connectivity index (χ1) is 6.81. The summed E-state index contributed by atoms with van der Waals surface area (Å²) < 4.78 is 0. The summed E-state index contributed by atoms with van der Waals surface area (Å²) in [5, 5.41) is 20.9. The van der Waals surface area contributed by atoms with E-state index in [1.165, 1.54) is 6.92 Å². The molecule has 5 heteroatoms. The topological polar surface area (TPSA) is 86.6 Å². The molecule has 88 valence electrons. The Kier molecular flexibility index (Phi) is 5.46. The average Bonchev–Trinajstić information content (AvgIpc) is 2.15. The molecular formula is C10H19NO4. The van der Waals surface area contributed by atoms with E-state index in [9.17, 15) is 14.7 Å². The molecule has 0 saturated heterocycles. The predicted octanol–water partition coefficient (Wildman–Crippen LogP) is -0.539. The molecule has 0 heterocycles. The number of amides is 1. The fourth-order valence-corrected chi connectivity index (χ4v) is 0.900. The molecule has 0 bridgehead atoms. The molecule has 0 aliphatic carbocycles. The van der Waals surface area contributed by atoms with E-state index in [1.807, 2.05) is 0 Å². The highest BCUT2D eigenvalue weighted by molar-refractivity contribution is 5.82. The van der Waals surface area contributed by atoms with Crippen molar-refractivity contribution in [3.63, 3.8) is 0 Å². The summed E-state index contributed by atoms with van der Waals surface area (Å²) >= 11 is 0. The maximum atomic E-state index is 11.3. The van der Waals surface area contributed by atoms with Crippen molar-refractivity contribution in [3.8, 4) is 0 Å². The Balaban J connectivity index is 4.05. The Morgan fingerprint density at radius 1 is 1.40 bits per heavy atom. The van der Waals surface area contributed by atoms with E-state index in [1.54, 1.807) is 13.8 Å². The minimum atomic E-state index is -1.27. The lowest BCUT2D eigenvalue weighted by molar-refractivity contribution is -0.137. The first-order valence-corrected chi connectivity index (χ1v) is 4.87. The Morgan fingerprint density at radius 3 is 2.33 bits per heavy atom. The molecule has 5 nitrogen and oxygen atoms in total. The van der Waals surface area contributed by atoms with Gasteiger partial charge < -0.3 is 15.5 Å². The van der Waals surface area contributed by atoms with Crippen LogP contribution in [0.3, 0.4) is 0 Å². The summed E-state index contributed by atoms with van der Waals surface area (Å²) in [6.07, 6.45) is -1.02. The number of nitrogens with one attached hydrogen (secondary N) is 1. The molecule has 3 N–H and O–H groups in total. The zero-order valence-electron chi connectivity index (χ0n) is 9.41. The van der Waals surface area contributed by atoms with Crippen LogP contribution in [0, 0.1) is 5.41 Å². The second kappa shape index (κ2) is 5.82. The largest absolute Gasteiger partial charge is 0.396 e.